The first-order valence-electron chi connectivity index (χ1n) is 7.85. The van der Waals surface area contributed by atoms with E-state index in [-0.39, 0.29) is 24.4 Å². The van der Waals surface area contributed by atoms with Crippen LogP contribution < -0.4 is 5.32 Å². The van der Waals surface area contributed by atoms with E-state index in [4.69, 9.17) is 9.15 Å². The zero-order valence-electron chi connectivity index (χ0n) is 13.6. The molecule has 1 N–H and O–H groups in total. The summed E-state index contributed by atoms with van der Waals surface area (Å²) in [6.07, 6.45) is -1.14. The van der Waals surface area contributed by atoms with Crippen LogP contribution in [0.4, 0.5) is 8.78 Å². The molecule has 0 aliphatic carbocycles. The van der Waals surface area contributed by atoms with Gasteiger partial charge in [-0.05, 0) is 45.0 Å². The number of ether oxygens (including phenoxy) is 1. The van der Waals surface area contributed by atoms with E-state index in [2.05, 4.69) is 5.32 Å². The summed E-state index contributed by atoms with van der Waals surface area (Å²) in [6, 6.07) is 3.33. The van der Waals surface area contributed by atoms with Crippen LogP contribution in [0.2, 0.25) is 0 Å². The van der Waals surface area contributed by atoms with Crippen LogP contribution in [-0.4, -0.2) is 50.6 Å². The maximum atomic E-state index is 12.4. The van der Waals surface area contributed by atoms with E-state index in [1.807, 2.05) is 19.1 Å². The molecule has 2 heterocycles. The van der Waals surface area contributed by atoms with Crippen molar-refractivity contribution in [3.05, 3.63) is 23.7 Å². The number of nitrogens with one attached hydrogen (secondary N) is 1. The number of aryl methyl sites for hydroxylation is 1. The third-order valence-corrected chi connectivity index (χ3v) is 4.11. The van der Waals surface area contributed by atoms with E-state index < -0.39 is 6.43 Å². The second kappa shape index (κ2) is 8.40. The Morgan fingerprint density at radius 3 is 2.65 bits per heavy atom. The van der Waals surface area contributed by atoms with E-state index >= 15 is 0 Å². The first-order valence-corrected chi connectivity index (χ1v) is 7.85. The van der Waals surface area contributed by atoms with Crippen molar-refractivity contribution in [2.24, 2.45) is 5.92 Å². The molecule has 23 heavy (non-hydrogen) atoms. The second-order valence-corrected chi connectivity index (χ2v) is 5.93. The van der Waals surface area contributed by atoms with E-state index in [1.165, 1.54) is 0 Å². The summed E-state index contributed by atoms with van der Waals surface area (Å²) in [5, 5.41) is 2.95. The number of rotatable bonds is 7. The zero-order chi connectivity index (χ0) is 16.8. The predicted octanol–water partition coefficient (Wildman–Crippen LogP) is 2.37. The normalized spacial score (nSPS) is 18.3. The molecule has 1 saturated heterocycles. The minimum absolute atomic E-state index is 0.0715. The third kappa shape index (κ3) is 5.28. The molecule has 0 bridgehead atoms. The van der Waals surface area contributed by atoms with Gasteiger partial charge in [-0.25, -0.2) is 8.78 Å². The number of alkyl halides is 2. The van der Waals surface area contributed by atoms with E-state index in [0.29, 0.717) is 38.3 Å². The summed E-state index contributed by atoms with van der Waals surface area (Å²) in [6.45, 7) is 3.00. The molecular weight excluding hydrogens is 306 g/mol. The molecule has 1 aliphatic heterocycles. The first-order chi connectivity index (χ1) is 11.0. The molecule has 0 unspecified atom stereocenters. The number of halogens is 2. The fraction of sp³-hybridized carbons (Fsp3) is 0.688. The maximum absolute atomic E-state index is 12.4. The summed E-state index contributed by atoms with van der Waals surface area (Å²) in [5.41, 5.74) is 0. The van der Waals surface area contributed by atoms with Gasteiger partial charge in [-0.3, -0.25) is 9.69 Å². The lowest BCUT2D eigenvalue weighted by Crippen LogP contribution is -2.43. The Balaban J connectivity index is 1.87. The lowest BCUT2D eigenvalue weighted by molar-refractivity contribution is -0.127. The number of amides is 1. The molecule has 5 nitrogen and oxygen atoms in total. The number of piperidine rings is 1. The number of methoxy groups -OCH3 is 1. The summed E-state index contributed by atoms with van der Waals surface area (Å²) in [7, 11) is 1.57. The number of furan rings is 1. The molecule has 1 atom stereocenters. The zero-order valence-corrected chi connectivity index (χ0v) is 13.6. The van der Waals surface area contributed by atoms with Gasteiger partial charge in [0.2, 0.25) is 5.91 Å². The van der Waals surface area contributed by atoms with E-state index in [9.17, 15) is 13.6 Å². The highest BCUT2D eigenvalue weighted by molar-refractivity contribution is 5.79. The Labute approximate surface area is 135 Å². The number of carbonyl (C=O) groups is 1. The monoisotopic (exact) mass is 330 g/mol. The SMILES string of the molecule is COC[C@@H](NC(=O)C1CCN(CC(F)F)CC1)c1ccc(C)o1. The van der Waals surface area contributed by atoms with Gasteiger partial charge in [0.05, 0.1) is 13.2 Å². The summed E-state index contributed by atoms with van der Waals surface area (Å²) in [4.78, 5) is 14.1. The van der Waals surface area contributed by atoms with E-state index in [1.54, 1.807) is 12.0 Å². The Hall–Kier alpha value is -1.47. The molecular formula is C16H24F2N2O3. The highest BCUT2D eigenvalue weighted by Gasteiger charge is 2.28. The smallest absolute Gasteiger partial charge is 0.251 e. The van der Waals surface area contributed by atoms with Crippen molar-refractivity contribution < 1.29 is 22.7 Å². The average molecular weight is 330 g/mol. The van der Waals surface area contributed by atoms with Crippen molar-refractivity contribution >= 4 is 5.91 Å². The summed E-state index contributed by atoms with van der Waals surface area (Å²) >= 11 is 0. The molecule has 0 spiro atoms. The van der Waals surface area contributed by atoms with Gasteiger partial charge >= 0.3 is 0 Å². The van der Waals surface area contributed by atoms with Crippen molar-refractivity contribution in [3.8, 4) is 0 Å². The highest BCUT2D eigenvalue weighted by Crippen LogP contribution is 2.21. The van der Waals surface area contributed by atoms with E-state index in [0.717, 1.165) is 5.76 Å². The van der Waals surface area contributed by atoms with Crippen molar-refractivity contribution in [3.63, 3.8) is 0 Å². The van der Waals surface area contributed by atoms with Crippen LogP contribution in [0.5, 0.6) is 0 Å². The van der Waals surface area contributed by atoms with Gasteiger partial charge < -0.3 is 14.5 Å². The molecule has 0 radical (unpaired) electrons. The molecule has 2 rings (SSSR count). The van der Waals surface area contributed by atoms with Gasteiger partial charge in [0.25, 0.3) is 6.43 Å². The molecule has 1 amide bonds. The van der Waals surface area contributed by atoms with Crippen LogP contribution in [0.3, 0.4) is 0 Å². The van der Waals surface area contributed by atoms with Crippen LogP contribution in [0.1, 0.15) is 30.4 Å². The highest BCUT2D eigenvalue weighted by atomic mass is 19.3. The Morgan fingerprint density at radius 2 is 2.13 bits per heavy atom. The van der Waals surface area contributed by atoms with Gasteiger partial charge in [0.1, 0.15) is 17.6 Å². The van der Waals surface area contributed by atoms with Gasteiger partial charge in [0, 0.05) is 13.0 Å². The largest absolute Gasteiger partial charge is 0.464 e. The predicted molar refractivity (Wildman–Crippen MR) is 81.4 cm³/mol. The van der Waals surface area contributed by atoms with Crippen molar-refractivity contribution in [2.75, 3.05) is 33.4 Å². The molecule has 1 aromatic rings. The van der Waals surface area contributed by atoms with Crippen LogP contribution in [-0.2, 0) is 9.53 Å². The quantitative estimate of drug-likeness (QED) is 0.834. The number of hydrogen-bond acceptors (Lipinski definition) is 4. The molecule has 1 fully saturated rings. The molecule has 1 aliphatic rings. The third-order valence-electron chi connectivity index (χ3n) is 4.11. The molecule has 1 aromatic heterocycles. The lowest BCUT2D eigenvalue weighted by Gasteiger charge is -2.31. The van der Waals surface area contributed by atoms with Crippen molar-refractivity contribution in [2.45, 2.75) is 32.2 Å². The van der Waals surface area contributed by atoms with Gasteiger partial charge in [-0.2, -0.15) is 0 Å². The van der Waals surface area contributed by atoms with Crippen molar-refractivity contribution in [1.29, 1.82) is 0 Å². The summed E-state index contributed by atoms with van der Waals surface area (Å²) in [5.74, 6) is 1.21. The Bertz CT molecular complexity index is 499. The Morgan fingerprint density at radius 1 is 1.43 bits per heavy atom. The number of nitrogens with zero attached hydrogens (tertiary/aromatic N) is 1. The molecule has 0 aromatic carbocycles. The number of hydrogen-bond donors (Lipinski definition) is 1. The average Bonchev–Trinajstić information content (AvgIpc) is 2.93. The molecule has 7 heteroatoms. The fourth-order valence-electron chi connectivity index (χ4n) is 2.86. The standard InChI is InChI=1S/C16H24F2N2O3/c1-11-3-4-14(23-11)13(10-22-2)19-16(21)12-5-7-20(8-6-12)9-15(17)18/h3-4,12-13,15H,5-10H2,1-2H3,(H,19,21)/t13-/m1/s1. The minimum atomic E-state index is -2.33. The number of carbonyl (C=O) groups excluding carboxylic acids is 1. The Kier molecular flexibility index (Phi) is 6.53. The van der Waals surface area contributed by atoms with Gasteiger partial charge in [0.15, 0.2) is 0 Å². The van der Waals surface area contributed by atoms with Crippen LogP contribution in [0, 0.1) is 12.8 Å². The lowest BCUT2D eigenvalue weighted by atomic mass is 9.95. The van der Waals surface area contributed by atoms with Crippen molar-refractivity contribution in [1.82, 2.24) is 10.2 Å². The topological polar surface area (TPSA) is 54.7 Å². The first kappa shape index (κ1) is 17.9. The van der Waals surface area contributed by atoms with Crippen LogP contribution in [0.25, 0.3) is 0 Å². The second-order valence-electron chi connectivity index (χ2n) is 5.93. The summed E-state index contributed by atoms with van der Waals surface area (Å²) < 4.78 is 35.5. The minimum Gasteiger partial charge on any atom is -0.464 e. The maximum Gasteiger partial charge on any atom is 0.251 e. The van der Waals surface area contributed by atoms with Gasteiger partial charge in [-0.15, -0.1) is 0 Å². The fourth-order valence-corrected chi connectivity index (χ4v) is 2.86. The van der Waals surface area contributed by atoms with Crippen LogP contribution in [0.15, 0.2) is 16.5 Å². The van der Waals surface area contributed by atoms with Gasteiger partial charge in [-0.1, -0.05) is 0 Å². The molecule has 0 saturated carbocycles. The van der Waals surface area contributed by atoms with Crippen LogP contribution >= 0.6 is 0 Å². The molecule has 130 valence electrons. The number of likely N-dealkylation sites (tertiary alicyclic amines) is 1.